The van der Waals surface area contributed by atoms with Gasteiger partial charge in [-0.2, -0.15) is 0 Å². The third-order valence-corrected chi connectivity index (χ3v) is 6.83. The van der Waals surface area contributed by atoms with Crippen LogP contribution in [0.15, 0.2) is 0 Å². The van der Waals surface area contributed by atoms with Gasteiger partial charge in [0.1, 0.15) is 11.2 Å². The lowest BCUT2D eigenvalue weighted by molar-refractivity contribution is -0.173. The van der Waals surface area contributed by atoms with Crippen LogP contribution in [0.3, 0.4) is 0 Å². The van der Waals surface area contributed by atoms with Gasteiger partial charge in [0.15, 0.2) is 0 Å². The highest BCUT2D eigenvalue weighted by Crippen LogP contribution is 2.39. The fraction of sp³-hybridized carbons (Fsp3) is 0.913. The minimum Gasteiger partial charge on any atom is -0.459 e. The summed E-state index contributed by atoms with van der Waals surface area (Å²) in [5.74, 6) is 0.517. The van der Waals surface area contributed by atoms with Gasteiger partial charge in [0, 0.05) is 25.9 Å². The van der Waals surface area contributed by atoms with Crippen molar-refractivity contribution in [2.75, 3.05) is 13.1 Å². The minimum absolute atomic E-state index is 0.160. The fourth-order valence-electron chi connectivity index (χ4n) is 4.34. The summed E-state index contributed by atoms with van der Waals surface area (Å²) < 4.78 is 12.0. The Kier molecular flexibility index (Phi) is 8.00. The van der Waals surface area contributed by atoms with Gasteiger partial charge in [0.05, 0.1) is 5.41 Å². The molecule has 1 aliphatic rings. The van der Waals surface area contributed by atoms with Crippen molar-refractivity contribution in [3.8, 4) is 0 Å². The lowest BCUT2D eigenvalue weighted by atomic mass is 9.72. The molecule has 0 aliphatic carbocycles. The van der Waals surface area contributed by atoms with E-state index in [1.807, 2.05) is 27.7 Å². The van der Waals surface area contributed by atoms with E-state index in [9.17, 15) is 9.59 Å². The Morgan fingerprint density at radius 2 is 1.39 bits per heavy atom. The van der Waals surface area contributed by atoms with Crippen LogP contribution >= 0.6 is 0 Å². The van der Waals surface area contributed by atoms with Gasteiger partial charge in [-0.1, -0.05) is 48.5 Å². The third-order valence-electron chi connectivity index (χ3n) is 6.83. The molecule has 28 heavy (non-hydrogen) atoms. The van der Waals surface area contributed by atoms with Crippen molar-refractivity contribution in [2.24, 2.45) is 23.2 Å². The average Bonchev–Trinajstić information content (AvgIpc) is 2.58. The molecule has 0 aromatic rings. The maximum Gasteiger partial charge on any atom is 0.410 e. The second-order valence-corrected chi connectivity index (χ2v) is 10.2. The van der Waals surface area contributed by atoms with E-state index >= 15 is 0 Å². The standard InChI is InChI=1S/C23H43NO4/c1-11-21(8,9)19(25)27-22(10)12-14-24(15-13-22)20(26)28-23(16(2)3,17(4)5)18(6)7/h16-18H,11-15H2,1-10H3. The highest BCUT2D eigenvalue weighted by Gasteiger charge is 2.46. The molecule has 164 valence electrons. The van der Waals surface area contributed by atoms with Crippen molar-refractivity contribution < 1.29 is 19.1 Å². The Labute approximate surface area is 172 Å². The quantitative estimate of drug-likeness (QED) is 0.520. The summed E-state index contributed by atoms with van der Waals surface area (Å²) in [6.07, 6.45) is 1.75. The summed E-state index contributed by atoms with van der Waals surface area (Å²) in [5.41, 5.74) is -1.49. The van der Waals surface area contributed by atoms with E-state index in [1.54, 1.807) is 4.90 Å². The average molecular weight is 398 g/mol. The minimum atomic E-state index is -0.522. The van der Waals surface area contributed by atoms with E-state index < -0.39 is 16.6 Å². The summed E-state index contributed by atoms with van der Waals surface area (Å²) in [6.45, 7) is 21.6. The second-order valence-electron chi connectivity index (χ2n) is 10.2. The van der Waals surface area contributed by atoms with E-state index in [0.29, 0.717) is 25.9 Å². The van der Waals surface area contributed by atoms with Crippen molar-refractivity contribution in [1.82, 2.24) is 4.90 Å². The zero-order chi connectivity index (χ0) is 21.9. The molecule has 0 bridgehead atoms. The topological polar surface area (TPSA) is 55.8 Å². The first-order valence-corrected chi connectivity index (χ1v) is 10.9. The summed E-state index contributed by atoms with van der Waals surface area (Å²) >= 11 is 0. The predicted octanol–water partition coefficient (Wildman–Crippen LogP) is 5.66. The molecule has 0 aromatic heterocycles. The number of nitrogens with zero attached hydrogens (tertiary/aromatic N) is 1. The molecule has 0 spiro atoms. The van der Waals surface area contributed by atoms with Gasteiger partial charge < -0.3 is 14.4 Å². The van der Waals surface area contributed by atoms with E-state index in [1.165, 1.54) is 0 Å². The number of carbonyl (C=O) groups is 2. The van der Waals surface area contributed by atoms with Crippen LogP contribution in [0.2, 0.25) is 0 Å². The summed E-state index contributed by atoms with van der Waals surface area (Å²) in [4.78, 5) is 27.2. The number of likely N-dealkylation sites (tertiary alicyclic amines) is 1. The SMILES string of the molecule is CCC(C)(C)C(=O)OC1(C)CCN(C(=O)OC(C(C)C)(C(C)C)C(C)C)CC1. The Bertz CT molecular complexity index is 521. The van der Waals surface area contributed by atoms with Crippen LogP contribution < -0.4 is 0 Å². The molecule has 0 aromatic carbocycles. The normalized spacial score (nSPS) is 18.0. The number of piperidine rings is 1. The van der Waals surface area contributed by atoms with Crippen LogP contribution in [0.1, 0.15) is 88.5 Å². The molecule has 5 heteroatoms. The Morgan fingerprint density at radius 3 is 1.75 bits per heavy atom. The predicted molar refractivity (Wildman–Crippen MR) is 113 cm³/mol. The maximum atomic E-state index is 13.0. The first kappa shape index (κ1) is 24.8. The van der Waals surface area contributed by atoms with E-state index in [-0.39, 0.29) is 29.8 Å². The molecule has 1 rings (SSSR count). The monoisotopic (exact) mass is 397 g/mol. The smallest absolute Gasteiger partial charge is 0.410 e. The molecule has 1 aliphatic heterocycles. The van der Waals surface area contributed by atoms with Crippen LogP contribution in [0, 0.1) is 23.2 Å². The largest absolute Gasteiger partial charge is 0.459 e. The number of amides is 1. The van der Waals surface area contributed by atoms with Gasteiger partial charge in [0.2, 0.25) is 0 Å². The molecule has 5 nitrogen and oxygen atoms in total. The van der Waals surface area contributed by atoms with Crippen LogP contribution in [0.4, 0.5) is 4.79 Å². The molecule has 0 unspecified atom stereocenters. The van der Waals surface area contributed by atoms with Crippen LogP contribution in [0.5, 0.6) is 0 Å². The Morgan fingerprint density at radius 1 is 0.964 bits per heavy atom. The zero-order valence-corrected chi connectivity index (χ0v) is 19.8. The summed E-state index contributed by atoms with van der Waals surface area (Å²) in [6, 6.07) is 0. The molecule has 1 fully saturated rings. The molecule has 0 saturated carbocycles. The molecular formula is C23H43NO4. The number of carbonyl (C=O) groups excluding carboxylic acids is 2. The van der Waals surface area contributed by atoms with Crippen LogP contribution in [-0.4, -0.2) is 41.3 Å². The van der Waals surface area contributed by atoms with Crippen LogP contribution in [0.25, 0.3) is 0 Å². The third kappa shape index (κ3) is 5.21. The molecule has 0 radical (unpaired) electrons. The molecular weight excluding hydrogens is 354 g/mol. The van der Waals surface area contributed by atoms with Crippen molar-refractivity contribution in [1.29, 1.82) is 0 Å². The second kappa shape index (κ2) is 9.04. The van der Waals surface area contributed by atoms with Crippen molar-refractivity contribution in [2.45, 2.75) is 99.7 Å². The van der Waals surface area contributed by atoms with Gasteiger partial charge in [-0.3, -0.25) is 4.79 Å². The van der Waals surface area contributed by atoms with Crippen LogP contribution in [-0.2, 0) is 14.3 Å². The number of ether oxygens (including phenoxy) is 2. The first-order valence-electron chi connectivity index (χ1n) is 10.9. The van der Waals surface area contributed by atoms with Gasteiger partial charge in [-0.15, -0.1) is 0 Å². The molecule has 0 atom stereocenters. The zero-order valence-electron chi connectivity index (χ0n) is 19.8. The number of rotatable bonds is 7. The highest BCUT2D eigenvalue weighted by molar-refractivity contribution is 5.76. The van der Waals surface area contributed by atoms with Gasteiger partial charge >= 0.3 is 12.1 Å². The molecule has 0 N–H and O–H groups in total. The van der Waals surface area contributed by atoms with E-state index in [0.717, 1.165) is 6.42 Å². The Hall–Kier alpha value is -1.26. The fourth-order valence-corrected chi connectivity index (χ4v) is 4.34. The van der Waals surface area contributed by atoms with Gasteiger partial charge in [-0.05, 0) is 44.9 Å². The van der Waals surface area contributed by atoms with Crippen molar-refractivity contribution >= 4 is 12.1 Å². The maximum absolute atomic E-state index is 13.0. The van der Waals surface area contributed by atoms with Gasteiger partial charge in [-0.25, -0.2) is 4.79 Å². The number of hydrogen-bond acceptors (Lipinski definition) is 4. The lowest BCUT2D eigenvalue weighted by Crippen LogP contribution is -2.54. The van der Waals surface area contributed by atoms with Crippen molar-refractivity contribution in [3.05, 3.63) is 0 Å². The Balaban J connectivity index is 2.79. The van der Waals surface area contributed by atoms with E-state index in [4.69, 9.17) is 9.47 Å². The van der Waals surface area contributed by atoms with E-state index in [2.05, 4.69) is 41.5 Å². The summed E-state index contributed by atoms with van der Waals surface area (Å²) in [5, 5.41) is 0. The number of hydrogen-bond donors (Lipinski definition) is 0. The first-order chi connectivity index (χ1) is 12.7. The highest BCUT2D eigenvalue weighted by atomic mass is 16.6. The van der Waals surface area contributed by atoms with Crippen molar-refractivity contribution in [3.63, 3.8) is 0 Å². The lowest BCUT2D eigenvalue weighted by Gasteiger charge is -2.46. The molecule has 1 amide bonds. The molecule has 1 heterocycles. The molecule has 1 saturated heterocycles. The number of esters is 1. The van der Waals surface area contributed by atoms with Gasteiger partial charge in [0.25, 0.3) is 0 Å². The summed E-state index contributed by atoms with van der Waals surface area (Å²) in [7, 11) is 0.